The minimum Gasteiger partial charge on any atom is -0.501 e. The van der Waals surface area contributed by atoms with E-state index in [0.29, 0.717) is 23.6 Å². The summed E-state index contributed by atoms with van der Waals surface area (Å²) in [6.07, 6.45) is 7.18. The van der Waals surface area contributed by atoms with Gasteiger partial charge in [-0.15, -0.1) is 0 Å². The Labute approximate surface area is 153 Å². The van der Waals surface area contributed by atoms with Gasteiger partial charge in [0.1, 0.15) is 0 Å². The summed E-state index contributed by atoms with van der Waals surface area (Å²) in [5.41, 5.74) is 1.75. The second-order valence-corrected chi connectivity index (χ2v) is 8.13. The van der Waals surface area contributed by atoms with E-state index in [4.69, 9.17) is 4.74 Å². The van der Waals surface area contributed by atoms with Crippen molar-refractivity contribution in [1.29, 1.82) is 0 Å². The lowest BCUT2D eigenvalue weighted by atomic mass is 10.2. The average molecular weight is 366 g/mol. The van der Waals surface area contributed by atoms with Crippen molar-refractivity contribution in [3.05, 3.63) is 54.3 Å². The van der Waals surface area contributed by atoms with Crippen LogP contribution in [-0.2, 0) is 14.8 Å². The normalized spacial score (nSPS) is 12.0. The van der Waals surface area contributed by atoms with Crippen LogP contribution in [-0.4, -0.2) is 32.4 Å². The molecule has 0 spiro atoms. The number of ether oxygens (including phenoxy) is 1. The SMILES string of the molecule is C=C(/C=C/OCCCC)CN(CCCC)S(=O)(=O)c1ccc(C)cc1. The van der Waals surface area contributed by atoms with Crippen LogP contribution in [0.3, 0.4) is 0 Å². The fraction of sp³-hybridized carbons (Fsp3) is 0.500. The molecule has 0 unspecified atom stereocenters. The first-order valence-electron chi connectivity index (χ1n) is 8.94. The van der Waals surface area contributed by atoms with Gasteiger partial charge in [-0.3, -0.25) is 0 Å². The van der Waals surface area contributed by atoms with Gasteiger partial charge in [0.05, 0.1) is 17.8 Å². The molecule has 0 N–H and O–H groups in total. The van der Waals surface area contributed by atoms with Crippen molar-refractivity contribution in [3.63, 3.8) is 0 Å². The molecule has 0 aliphatic carbocycles. The maximum Gasteiger partial charge on any atom is 0.243 e. The summed E-state index contributed by atoms with van der Waals surface area (Å²) in [7, 11) is -3.53. The van der Waals surface area contributed by atoms with Crippen LogP contribution < -0.4 is 0 Å². The van der Waals surface area contributed by atoms with E-state index in [2.05, 4.69) is 13.5 Å². The number of hydrogen-bond donors (Lipinski definition) is 0. The first-order chi connectivity index (χ1) is 11.9. The van der Waals surface area contributed by atoms with E-state index in [-0.39, 0.29) is 6.54 Å². The number of aryl methyl sites for hydroxylation is 1. The molecule has 5 heteroatoms. The van der Waals surface area contributed by atoms with Gasteiger partial charge in [-0.2, -0.15) is 4.31 Å². The molecule has 0 aliphatic heterocycles. The minimum absolute atomic E-state index is 0.268. The first kappa shape index (κ1) is 21.5. The number of nitrogens with zero attached hydrogens (tertiary/aromatic N) is 1. The number of unbranched alkanes of at least 4 members (excludes halogenated alkanes) is 2. The molecule has 0 radical (unpaired) electrons. The predicted molar refractivity (Wildman–Crippen MR) is 104 cm³/mol. The van der Waals surface area contributed by atoms with Gasteiger partial charge in [-0.1, -0.05) is 51.0 Å². The number of benzene rings is 1. The average Bonchev–Trinajstić information content (AvgIpc) is 2.58. The van der Waals surface area contributed by atoms with E-state index in [1.165, 1.54) is 4.31 Å². The molecule has 1 rings (SSSR count). The molecule has 1 aromatic rings. The highest BCUT2D eigenvalue weighted by molar-refractivity contribution is 7.89. The summed E-state index contributed by atoms with van der Waals surface area (Å²) in [4.78, 5) is 0.324. The van der Waals surface area contributed by atoms with E-state index in [0.717, 1.165) is 31.2 Å². The Balaban J connectivity index is 2.82. The van der Waals surface area contributed by atoms with Crippen molar-refractivity contribution < 1.29 is 13.2 Å². The maximum atomic E-state index is 12.9. The van der Waals surface area contributed by atoms with Crippen LogP contribution in [0.1, 0.15) is 45.1 Å². The van der Waals surface area contributed by atoms with E-state index in [9.17, 15) is 8.42 Å². The van der Waals surface area contributed by atoms with Crippen LogP contribution in [0.15, 0.2) is 53.7 Å². The van der Waals surface area contributed by atoms with Crippen molar-refractivity contribution in [2.45, 2.75) is 51.3 Å². The van der Waals surface area contributed by atoms with Crippen molar-refractivity contribution in [2.24, 2.45) is 0 Å². The summed E-state index contributed by atoms with van der Waals surface area (Å²) in [6, 6.07) is 6.97. The van der Waals surface area contributed by atoms with Crippen molar-refractivity contribution in [1.82, 2.24) is 4.31 Å². The molecular formula is C20H31NO3S. The summed E-state index contributed by atoms with van der Waals surface area (Å²) in [6.45, 7) is 11.5. The number of rotatable bonds is 12. The molecule has 0 fully saturated rings. The zero-order valence-corrected chi connectivity index (χ0v) is 16.5. The molecule has 0 heterocycles. The van der Waals surface area contributed by atoms with Crippen LogP contribution in [0.4, 0.5) is 0 Å². The van der Waals surface area contributed by atoms with Gasteiger partial charge < -0.3 is 4.74 Å². The Morgan fingerprint density at radius 1 is 1.16 bits per heavy atom. The van der Waals surface area contributed by atoms with Crippen LogP contribution >= 0.6 is 0 Å². The van der Waals surface area contributed by atoms with Gasteiger partial charge >= 0.3 is 0 Å². The zero-order chi connectivity index (χ0) is 18.7. The van der Waals surface area contributed by atoms with Crippen molar-refractivity contribution in [3.8, 4) is 0 Å². The van der Waals surface area contributed by atoms with Gasteiger partial charge in [-0.05, 0) is 43.5 Å². The largest absolute Gasteiger partial charge is 0.501 e. The van der Waals surface area contributed by atoms with Gasteiger partial charge in [0, 0.05) is 13.1 Å². The number of hydrogen-bond acceptors (Lipinski definition) is 3. The third-order valence-electron chi connectivity index (χ3n) is 3.81. The zero-order valence-electron chi connectivity index (χ0n) is 15.7. The molecule has 0 aromatic heterocycles. The molecule has 0 bridgehead atoms. The molecule has 4 nitrogen and oxygen atoms in total. The third-order valence-corrected chi connectivity index (χ3v) is 5.67. The molecule has 0 atom stereocenters. The lowest BCUT2D eigenvalue weighted by Gasteiger charge is -2.22. The van der Waals surface area contributed by atoms with Crippen LogP contribution in [0, 0.1) is 6.92 Å². The topological polar surface area (TPSA) is 46.6 Å². The van der Waals surface area contributed by atoms with Gasteiger partial charge in [0.15, 0.2) is 0 Å². The quantitative estimate of drug-likeness (QED) is 0.307. The van der Waals surface area contributed by atoms with E-state index in [1.54, 1.807) is 24.5 Å². The fourth-order valence-corrected chi connectivity index (χ4v) is 3.68. The minimum atomic E-state index is -3.53. The number of sulfonamides is 1. The summed E-state index contributed by atoms with van der Waals surface area (Å²) in [5.74, 6) is 0. The summed E-state index contributed by atoms with van der Waals surface area (Å²) >= 11 is 0. The monoisotopic (exact) mass is 365 g/mol. The second-order valence-electron chi connectivity index (χ2n) is 6.19. The smallest absolute Gasteiger partial charge is 0.243 e. The Hall–Kier alpha value is -1.59. The fourth-order valence-electron chi connectivity index (χ4n) is 2.20. The van der Waals surface area contributed by atoms with Gasteiger partial charge in [-0.25, -0.2) is 8.42 Å². The van der Waals surface area contributed by atoms with Gasteiger partial charge in [0.25, 0.3) is 0 Å². The highest BCUT2D eigenvalue weighted by Gasteiger charge is 2.24. The van der Waals surface area contributed by atoms with Crippen LogP contribution in [0.25, 0.3) is 0 Å². The lowest BCUT2D eigenvalue weighted by molar-refractivity contribution is 0.243. The maximum absolute atomic E-state index is 12.9. The highest BCUT2D eigenvalue weighted by atomic mass is 32.2. The molecule has 0 saturated carbocycles. The molecule has 1 aromatic carbocycles. The first-order valence-corrected chi connectivity index (χ1v) is 10.4. The molecular weight excluding hydrogens is 334 g/mol. The Morgan fingerprint density at radius 2 is 1.80 bits per heavy atom. The second kappa shape index (κ2) is 11.1. The summed E-state index contributed by atoms with van der Waals surface area (Å²) < 4.78 is 32.7. The molecule has 140 valence electrons. The van der Waals surface area contributed by atoms with E-state index in [1.807, 2.05) is 26.0 Å². The lowest BCUT2D eigenvalue weighted by Crippen LogP contribution is -2.33. The molecule has 0 saturated heterocycles. The van der Waals surface area contributed by atoms with Crippen molar-refractivity contribution >= 4 is 10.0 Å². The van der Waals surface area contributed by atoms with E-state index >= 15 is 0 Å². The summed E-state index contributed by atoms with van der Waals surface area (Å²) in [5, 5.41) is 0. The van der Waals surface area contributed by atoms with Crippen LogP contribution in [0.5, 0.6) is 0 Å². The van der Waals surface area contributed by atoms with Crippen LogP contribution in [0.2, 0.25) is 0 Å². The Morgan fingerprint density at radius 3 is 2.40 bits per heavy atom. The standard InChI is InChI=1S/C20H31NO3S/c1-5-7-14-21(17-19(4)13-16-24-15-8-6-2)25(22,23)20-11-9-18(3)10-12-20/h9-13,16H,4-8,14-15,17H2,1-3H3/b16-13+. The molecule has 0 amide bonds. The Bertz CT molecular complexity index is 648. The predicted octanol–water partition coefficient (Wildman–Crippen LogP) is 4.67. The molecule has 25 heavy (non-hydrogen) atoms. The van der Waals surface area contributed by atoms with Crippen molar-refractivity contribution in [2.75, 3.05) is 19.7 Å². The van der Waals surface area contributed by atoms with E-state index < -0.39 is 10.0 Å². The Kier molecular flexibility index (Phi) is 9.53. The highest BCUT2D eigenvalue weighted by Crippen LogP contribution is 2.18. The van der Waals surface area contributed by atoms with Gasteiger partial charge in [0.2, 0.25) is 10.0 Å². The molecule has 0 aliphatic rings. The third kappa shape index (κ3) is 7.45.